The number of quaternary nitrogens is 1. The van der Waals surface area contributed by atoms with E-state index in [1.807, 2.05) is 21.1 Å². The van der Waals surface area contributed by atoms with Crippen molar-refractivity contribution in [1.82, 2.24) is 0 Å². The number of carbonyl (C=O) groups excluding carboxylic acids is 2. The molecule has 0 spiro atoms. The van der Waals surface area contributed by atoms with Gasteiger partial charge in [0.15, 0.2) is 6.10 Å². The molecule has 0 fully saturated rings. The van der Waals surface area contributed by atoms with Gasteiger partial charge in [-0.05, 0) is 89.9 Å². The van der Waals surface area contributed by atoms with Gasteiger partial charge in [-0.3, -0.25) is 18.6 Å². The van der Waals surface area contributed by atoms with Crippen molar-refractivity contribution < 1.29 is 42.1 Å². The number of rotatable bonds is 54. The average molecular weight is 1080 g/mol. The number of esters is 2. The van der Waals surface area contributed by atoms with Gasteiger partial charge >= 0.3 is 19.8 Å². The Kier molecular flexibility index (Phi) is 53.5. The standard InChI is InChI=1S/C66H112NO8P/c1-6-8-10-12-14-16-18-20-21-22-23-24-25-26-27-28-29-30-31-32-33-34-35-36-37-38-39-40-41-42-43-44-45-47-49-51-53-55-57-59-66(69)75-64(63-74-76(70,71)73-61-60-67(3,4)5)62-72-65(68)58-56-54-52-50-48-46-19-17-15-13-11-9-7-2/h8,10,14,16,20-21,23-24,26-27,29-30,32-33,35-36,38-39,41-42,64H,6-7,9,11-13,15,17-19,22,25,28,31,34,37,40,43-63H2,1-5H3/p+1/b10-8-,16-14-,21-20-,24-23-,27-26-,30-29-,33-32-,36-35-,39-38-,42-41-. The van der Waals surface area contributed by atoms with Gasteiger partial charge < -0.3 is 18.9 Å². The molecular formula is C66H113NO8P+. The Balaban J connectivity index is 4.11. The minimum Gasteiger partial charge on any atom is -0.462 e. The van der Waals surface area contributed by atoms with Crippen LogP contribution in [0.4, 0.5) is 0 Å². The molecule has 0 saturated heterocycles. The molecule has 0 rings (SSSR count). The summed E-state index contributed by atoms with van der Waals surface area (Å²) in [6, 6.07) is 0. The highest BCUT2D eigenvalue weighted by Gasteiger charge is 2.27. The van der Waals surface area contributed by atoms with E-state index >= 15 is 0 Å². The van der Waals surface area contributed by atoms with Crippen LogP contribution in [0.1, 0.15) is 232 Å². The first-order valence-electron chi connectivity index (χ1n) is 30.3. The average Bonchev–Trinajstić information content (AvgIpc) is 3.38. The van der Waals surface area contributed by atoms with Crippen LogP contribution in [0, 0.1) is 0 Å². The largest absolute Gasteiger partial charge is 0.472 e. The zero-order chi connectivity index (χ0) is 55.6. The third kappa shape index (κ3) is 59.7. The summed E-state index contributed by atoms with van der Waals surface area (Å²) < 4.78 is 34.5. The lowest BCUT2D eigenvalue weighted by molar-refractivity contribution is -0.870. The van der Waals surface area contributed by atoms with Gasteiger partial charge in [0, 0.05) is 12.8 Å². The predicted octanol–water partition coefficient (Wildman–Crippen LogP) is 19.1. The molecule has 0 aliphatic rings. The van der Waals surface area contributed by atoms with Crippen LogP contribution < -0.4 is 0 Å². The van der Waals surface area contributed by atoms with E-state index in [2.05, 4.69) is 135 Å². The van der Waals surface area contributed by atoms with Crippen molar-refractivity contribution in [2.24, 2.45) is 0 Å². The normalized spacial score (nSPS) is 14.1. The van der Waals surface area contributed by atoms with Gasteiger partial charge in [0.2, 0.25) is 0 Å². The summed E-state index contributed by atoms with van der Waals surface area (Å²) >= 11 is 0. The molecule has 434 valence electrons. The first-order valence-corrected chi connectivity index (χ1v) is 31.8. The molecule has 76 heavy (non-hydrogen) atoms. The maximum absolute atomic E-state index is 12.8. The predicted molar refractivity (Wildman–Crippen MR) is 325 cm³/mol. The van der Waals surface area contributed by atoms with Crippen molar-refractivity contribution in [1.29, 1.82) is 0 Å². The Labute approximate surface area is 467 Å². The fraction of sp³-hybridized carbons (Fsp3) is 0.667. The Bertz CT molecular complexity index is 1700. The van der Waals surface area contributed by atoms with Gasteiger partial charge in [0.05, 0.1) is 27.7 Å². The van der Waals surface area contributed by atoms with E-state index in [1.54, 1.807) is 0 Å². The van der Waals surface area contributed by atoms with E-state index in [1.165, 1.54) is 89.9 Å². The van der Waals surface area contributed by atoms with Crippen molar-refractivity contribution >= 4 is 19.8 Å². The minimum absolute atomic E-state index is 0.0258. The SMILES string of the molecule is CC/C=C\C/C=C\C/C=C\C/C=C\C/C=C\C/C=C\C/C=C\C/C=C\C/C=C\C/C=C\CCCCCCCCCCC(=O)OC(COC(=O)CCCCCCCCCCCCCCC)COP(=O)(O)OCC[N+](C)(C)C. The number of hydrogen-bond donors (Lipinski definition) is 1. The maximum atomic E-state index is 12.8. The second-order valence-electron chi connectivity index (χ2n) is 21.0. The molecule has 0 aromatic rings. The van der Waals surface area contributed by atoms with Crippen LogP contribution in [0.3, 0.4) is 0 Å². The molecule has 0 aromatic heterocycles. The van der Waals surface area contributed by atoms with Crippen LogP contribution in [-0.2, 0) is 32.7 Å². The molecular weight excluding hydrogens is 966 g/mol. The molecule has 0 aliphatic heterocycles. The lowest BCUT2D eigenvalue weighted by Crippen LogP contribution is -2.37. The van der Waals surface area contributed by atoms with Gasteiger partial charge in [-0.25, -0.2) is 4.57 Å². The fourth-order valence-corrected chi connectivity index (χ4v) is 8.61. The van der Waals surface area contributed by atoms with E-state index in [0.29, 0.717) is 17.4 Å². The summed E-state index contributed by atoms with van der Waals surface area (Å²) in [6.45, 7) is 4.30. The van der Waals surface area contributed by atoms with Gasteiger partial charge in [-0.15, -0.1) is 0 Å². The summed E-state index contributed by atoms with van der Waals surface area (Å²) in [5.74, 6) is -0.810. The molecule has 9 nitrogen and oxygen atoms in total. The Morgan fingerprint density at radius 1 is 0.421 bits per heavy atom. The number of phosphoric acid groups is 1. The van der Waals surface area contributed by atoms with E-state index in [9.17, 15) is 19.0 Å². The summed E-state index contributed by atoms with van der Waals surface area (Å²) in [7, 11) is 1.46. The highest BCUT2D eigenvalue weighted by Crippen LogP contribution is 2.43. The molecule has 0 amide bonds. The number of ether oxygens (including phenoxy) is 2. The van der Waals surface area contributed by atoms with E-state index < -0.39 is 26.5 Å². The van der Waals surface area contributed by atoms with Crippen LogP contribution in [0.5, 0.6) is 0 Å². The van der Waals surface area contributed by atoms with Gasteiger partial charge in [0.1, 0.15) is 19.8 Å². The monoisotopic (exact) mass is 1080 g/mol. The third-order valence-corrected chi connectivity index (χ3v) is 13.5. The molecule has 0 radical (unpaired) electrons. The van der Waals surface area contributed by atoms with Gasteiger partial charge in [-0.1, -0.05) is 251 Å². The highest BCUT2D eigenvalue weighted by molar-refractivity contribution is 7.47. The highest BCUT2D eigenvalue weighted by atomic mass is 31.2. The fourth-order valence-electron chi connectivity index (χ4n) is 7.87. The molecule has 0 saturated carbocycles. The van der Waals surface area contributed by atoms with E-state index in [-0.39, 0.29) is 32.0 Å². The third-order valence-electron chi connectivity index (χ3n) is 12.5. The molecule has 0 heterocycles. The number of carbonyl (C=O) groups is 2. The molecule has 1 N–H and O–H groups in total. The lowest BCUT2D eigenvalue weighted by Gasteiger charge is -2.24. The minimum atomic E-state index is -4.39. The molecule has 2 unspecified atom stereocenters. The first kappa shape index (κ1) is 72.4. The second-order valence-corrected chi connectivity index (χ2v) is 22.5. The molecule has 10 heteroatoms. The number of nitrogens with zero attached hydrogens (tertiary/aromatic N) is 1. The molecule has 0 bridgehead atoms. The van der Waals surface area contributed by atoms with Crippen LogP contribution in [-0.4, -0.2) is 74.9 Å². The van der Waals surface area contributed by atoms with E-state index in [0.717, 1.165) is 109 Å². The summed E-state index contributed by atoms with van der Waals surface area (Å²) in [5, 5.41) is 0. The van der Waals surface area contributed by atoms with Crippen molar-refractivity contribution in [3.8, 4) is 0 Å². The van der Waals surface area contributed by atoms with Crippen LogP contribution in [0.15, 0.2) is 122 Å². The number of phosphoric ester groups is 1. The van der Waals surface area contributed by atoms with Gasteiger partial charge in [-0.2, -0.15) is 0 Å². The topological polar surface area (TPSA) is 108 Å². The smallest absolute Gasteiger partial charge is 0.462 e. The summed E-state index contributed by atoms with van der Waals surface area (Å²) in [6.07, 6.45) is 79.9. The Hall–Kier alpha value is -3.59. The zero-order valence-corrected chi connectivity index (χ0v) is 50.1. The quantitative estimate of drug-likeness (QED) is 0.0211. The number of likely N-dealkylation sites (N-methyl/N-ethyl adjacent to an activating group) is 1. The summed E-state index contributed by atoms with van der Waals surface area (Å²) in [4.78, 5) is 35.6. The van der Waals surface area contributed by atoms with E-state index in [4.69, 9.17) is 18.5 Å². The zero-order valence-electron chi connectivity index (χ0n) is 49.2. The van der Waals surface area contributed by atoms with Crippen molar-refractivity contribution in [2.45, 2.75) is 238 Å². The molecule has 2 atom stereocenters. The lowest BCUT2D eigenvalue weighted by atomic mass is 10.0. The number of unbranched alkanes of at least 4 members (excludes halogenated alkanes) is 20. The molecule has 0 aliphatic carbocycles. The Morgan fingerprint density at radius 3 is 1.12 bits per heavy atom. The summed E-state index contributed by atoms with van der Waals surface area (Å²) in [5.41, 5.74) is 0. The Morgan fingerprint density at radius 2 is 0.750 bits per heavy atom. The number of allylic oxidation sites excluding steroid dienone is 20. The van der Waals surface area contributed by atoms with Crippen LogP contribution in [0.2, 0.25) is 0 Å². The van der Waals surface area contributed by atoms with Gasteiger partial charge in [0.25, 0.3) is 0 Å². The first-order chi connectivity index (χ1) is 37.0. The van der Waals surface area contributed by atoms with Crippen LogP contribution in [0.25, 0.3) is 0 Å². The van der Waals surface area contributed by atoms with Crippen molar-refractivity contribution in [3.63, 3.8) is 0 Å². The number of hydrogen-bond acceptors (Lipinski definition) is 7. The van der Waals surface area contributed by atoms with Crippen molar-refractivity contribution in [2.75, 3.05) is 47.5 Å². The second kappa shape index (κ2) is 56.1. The maximum Gasteiger partial charge on any atom is 0.472 e. The van der Waals surface area contributed by atoms with Crippen LogP contribution >= 0.6 is 7.82 Å². The molecule has 0 aromatic carbocycles. The van der Waals surface area contributed by atoms with Crippen molar-refractivity contribution in [3.05, 3.63) is 122 Å².